The number of unbranched alkanes of at least 4 members (excludes halogenated alkanes) is 1. The van der Waals surface area contributed by atoms with Crippen molar-refractivity contribution in [3.05, 3.63) is 0 Å². The van der Waals surface area contributed by atoms with Gasteiger partial charge in [0.25, 0.3) is 0 Å². The van der Waals surface area contributed by atoms with E-state index in [0.717, 1.165) is 19.4 Å². The van der Waals surface area contributed by atoms with Gasteiger partial charge in [0.2, 0.25) is 0 Å². The van der Waals surface area contributed by atoms with E-state index in [0.29, 0.717) is 6.61 Å². The Labute approximate surface area is 62.7 Å². The van der Waals surface area contributed by atoms with Crippen LogP contribution >= 0.6 is 0 Å². The van der Waals surface area contributed by atoms with E-state index < -0.39 is 0 Å². The average Bonchev–Trinajstić information content (AvgIpc) is 1.87. The third-order valence-corrected chi connectivity index (χ3v) is 1.24. The standard InChI is InChI=1S/C7H18N2O/c1-2-3-5-10-6-4-7(8)9/h7H,2-6,8-9H2,1H3. The van der Waals surface area contributed by atoms with Crippen molar-refractivity contribution in [1.82, 2.24) is 0 Å². The summed E-state index contributed by atoms with van der Waals surface area (Å²) in [5.41, 5.74) is 10.6. The molecule has 0 spiro atoms. The molecule has 0 aliphatic heterocycles. The van der Waals surface area contributed by atoms with Crippen molar-refractivity contribution < 1.29 is 4.74 Å². The molecule has 0 aliphatic carbocycles. The fourth-order valence-corrected chi connectivity index (χ4v) is 0.568. The van der Waals surface area contributed by atoms with Crippen LogP contribution < -0.4 is 11.5 Å². The molecular weight excluding hydrogens is 128 g/mol. The second kappa shape index (κ2) is 6.99. The molecule has 0 saturated heterocycles. The largest absolute Gasteiger partial charge is 0.381 e. The summed E-state index contributed by atoms with van der Waals surface area (Å²) in [5.74, 6) is 0. The van der Waals surface area contributed by atoms with Crippen molar-refractivity contribution in [2.75, 3.05) is 13.2 Å². The van der Waals surface area contributed by atoms with E-state index in [2.05, 4.69) is 6.92 Å². The average molecular weight is 146 g/mol. The highest BCUT2D eigenvalue weighted by atomic mass is 16.5. The Kier molecular flexibility index (Phi) is 6.91. The molecule has 0 aromatic heterocycles. The lowest BCUT2D eigenvalue weighted by molar-refractivity contribution is 0.125. The summed E-state index contributed by atoms with van der Waals surface area (Å²) >= 11 is 0. The molecule has 0 heterocycles. The Morgan fingerprint density at radius 3 is 2.50 bits per heavy atom. The molecule has 62 valence electrons. The molecule has 0 amide bonds. The van der Waals surface area contributed by atoms with Crippen LogP contribution in [0.4, 0.5) is 0 Å². The van der Waals surface area contributed by atoms with Gasteiger partial charge in [0.1, 0.15) is 0 Å². The van der Waals surface area contributed by atoms with Gasteiger partial charge >= 0.3 is 0 Å². The van der Waals surface area contributed by atoms with Gasteiger partial charge < -0.3 is 16.2 Å². The van der Waals surface area contributed by atoms with Crippen molar-refractivity contribution in [3.63, 3.8) is 0 Å². The lowest BCUT2D eigenvalue weighted by Gasteiger charge is -2.05. The summed E-state index contributed by atoms with van der Waals surface area (Å²) in [6, 6.07) is 0. The summed E-state index contributed by atoms with van der Waals surface area (Å²) < 4.78 is 5.22. The van der Waals surface area contributed by atoms with E-state index in [9.17, 15) is 0 Å². The SMILES string of the molecule is CCCCOCCC(N)N. The topological polar surface area (TPSA) is 61.3 Å². The van der Waals surface area contributed by atoms with E-state index in [-0.39, 0.29) is 6.17 Å². The van der Waals surface area contributed by atoms with Crippen molar-refractivity contribution >= 4 is 0 Å². The minimum Gasteiger partial charge on any atom is -0.381 e. The Hall–Kier alpha value is -0.120. The smallest absolute Gasteiger partial charge is 0.0543 e. The second-order valence-corrected chi connectivity index (χ2v) is 2.42. The van der Waals surface area contributed by atoms with Gasteiger partial charge in [-0.05, 0) is 12.8 Å². The van der Waals surface area contributed by atoms with Crippen molar-refractivity contribution in [1.29, 1.82) is 0 Å². The van der Waals surface area contributed by atoms with E-state index >= 15 is 0 Å². The maximum atomic E-state index is 5.30. The van der Waals surface area contributed by atoms with E-state index in [1.54, 1.807) is 0 Å². The van der Waals surface area contributed by atoms with Crippen LogP contribution in [0, 0.1) is 0 Å². The number of rotatable bonds is 6. The Morgan fingerprint density at radius 1 is 1.30 bits per heavy atom. The first-order valence-electron chi connectivity index (χ1n) is 3.86. The van der Waals surface area contributed by atoms with Gasteiger partial charge in [0.05, 0.1) is 6.17 Å². The predicted octanol–water partition coefficient (Wildman–Crippen LogP) is 0.437. The van der Waals surface area contributed by atoms with Crippen molar-refractivity contribution in [3.8, 4) is 0 Å². The first-order valence-corrected chi connectivity index (χ1v) is 3.86. The number of ether oxygens (including phenoxy) is 1. The molecular formula is C7H18N2O. The summed E-state index contributed by atoms with van der Waals surface area (Å²) in [4.78, 5) is 0. The molecule has 0 unspecified atom stereocenters. The predicted molar refractivity (Wildman–Crippen MR) is 42.5 cm³/mol. The molecule has 0 rings (SSSR count). The van der Waals surface area contributed by atoms with Gasteiger partial charge in [-0.2, -0.15) is 0 Å². The quantitative estimate of drug-likeness (QED) is 0.422. The summed E-state index contributed by atoms with van der Waals surface area (Å²) in [6.07, 6.45) is 2.83. The third-order valence-electron chi connectivity index (χ3n) is 1.24. The summed E-state index contributed by atoms with van der Waals surface area (Å²) in [6.45, 7) is 3.67. The zero-order valence-electron chi connectivity index (χ0n) is 6.68. The van der Waals surface area contributed by atoms with Crippen LogP contribution in [0.15, 0.2) is 0 Å². The molecule has 4 N–H and O–H groups in total. The number of hydrogen-bond donors (Lipinski definition) is 2. The molecule has 0 aromatic rings. The molecule has 0 bridgehead atoms. The van der Waals surface area contributed by atoms with Gasteiger partial charge in [-0.15, -0.1) is 0 Å². The Bertz CT molecular complexity index is 66.6. The number of hydrogen-bond acceptors (Lipinski definition) is 3. The maximum absolute atomic E-state index is 5.30. The minimum atomic E-state index is -0.221. The molecule has 10 heavy (non-hydrogen) atoms. The normalized spacial score (nSPS) is 10.8. The molecule has 3 heteroatoms. The zero-order chi connectivity index (χ0) is 7.82. The monoisotopic (exact) mass is 146 g/mol. The highest BCUT2D eigenvalue weighted by Crippen LogP contribution is 1.89. The van der Waals surface area contributed by atoms with Gasteiger partial charge in [0, 0.05) is 13.2 Å². The van der Waals surface area contributed by atoms with Crippen LogP contribution in [0.3, 0.4) is 0 Å². The van der Waals surface area contributed by atoms with E-state index in [1.165, 1.54) is 6.42 Å². The first kappa shape index (κ1) is 9.88. The van der Waals surface area contributed by atoms with Crippen LogP contribution in [0.5, 0.6) is 0 Å². The fraction of sp³-hybridized carbons (Fsp3) is 1.00. The summed E-state index contributed by atoms with van der Waals surface area (Å²) in [7, 11) is 0. The van der Waals surface area contributed by atoms with Crippen LogP contribution in [-0.2, 0) is 4.74 Å². The summed E-state index contributed by atoms with van der Waals surface area (Å²) in [5, 5.41) is 0. The molecule has 0 fully saturated rings. The Morgan fingerprint density at radius 2 is 2.00 bits per heavy atom. The van der Waals surface area contributed by atoms with Crippen LogP contribution in [0.25, 0.3) is 0 Å². The van der Waals surface area contributed by atoms with Crippen molar-refractivity contribution in [2.24, 2.45) is 11.5 Å². The molecule has 0 atom stereocenters. The second-order valence-electron chi connectivity index (χ2n) is 2.42. The van der Waals surface area contributed by atoms with Gasteiger partial charge in [-0.25, -0.2) is 0 Å². The number of nitrogens with two attached hydrogens (primary N) is 2. The van der Waals surface area contributed by atoms with Crippen molar-refractivity contribution in [2.45, 2.75) is 32.4 Å². The zero-order valence-corrected chi connectivity index (χ0v) is 6.68. The Balaban J connectivity index is 2.77. The highest BCUT2D eigenvalue weighted by Gasteiger charge is 1.92. The third kappa shape index (κ3) is 7.88. The van der Waals surface area contributed by atoms with Gasteiger partial charge in [0.15, 0.2) is 0 Å². The molecule has 3 nitrogen and oxygen atoms in total. The molecule has 0 saturated carbocycles. The highest BCUT2D eigenvalue weighted by molar-refractivity contribution is 4.48. The van der Waals surface area contributed by atoms with Gasteiger partial charge in [-0.1, -0.05) is 13.3 Å². The fourth-order valence-electron chi connectivity index (χ4n) is 0.568. The minimum absolute atomic E-state index is 0.221. The van der Waals surface area contributed by atoms with E-state index in [1.807, 2.05) is 0 Å². The lowest BCUT2D eigenvalue weighted by atomic mass is 10.3. The lowest BCUT2D eigenvalue weighted by Crippen LogP contribution is -2.31. The molecule has 0 aliphatic rings. The van der Waals surface area contributed by atoms with Crippen LogP contribution in [0.2, 0.25) is 0 Å². The molecule has 0 radical (unpaired) electrons. The first-order chi connectivity index (χ1) is 4.77. The van der Waals surface area contributed by atoms with Crippen LogP contribution in [-0.4, -0.2) is 19.4 Å². The van der Waals surface area contributed by atoms with Crippen LogP contribution in [0.1, 0.15) is 26.2 Å². The maximum Gasteiger partial charge on any atom is 0.0543 e. The molecule has 0 aromatic carbocycles. The van der Waals surface area contributed by atoms with E-state index in [4.69, 9.17) is 16.2 Å². The van der Waals surface area contributed by atoms with Gasteiger partial charge in [-0.3, -0.25) is 0 Å².